The minimum atomic E-state index is -0.758. The highest BCUT2D eigenvalue weighted by Gasteiger charge is 2.20. The number of benzene rings is 1. The zero-order valence-electron chi connectivity index (χ0n) is 9.47. The van der Waals surface area contributed by atoms with Crippen LogP contribution in [0.4, 0.5) is 0 Å². The van der Waals surface area contributed by atoms with Crippen LogP contribution in [0.2, 0.25) is 0 Å². The molecule has 0 aliphatic rings. The van der Waals surface area contributed by atoms with Gasteiger partial charge in [-0.05, 0) is 11.5 Å². The Labute approximate surface area is 100.0 Å². The summed E-state index contributed by atoms with van der Waals surface area (Å²) >= 11 is 0. The molecule has 0 spiro atoms. The Morgan fingerprint density at radius 2 is 2.06 bits per heavy atom. The molecular formula is C13H13NO3. The van der Waals surface area contributed by atoms with Crippen LogP contribution in [0.1, 0.15) is 5.56 Å². The third kappa shape index (κ3) is 3.99. The number of rotatable bonds is 4. The molecule has 1 aromatic rings. The van der Waals surface area contributed by atoms with E-state index in [2.05, 4.69) is 10.1 Å². The number of methoxy groups -OCH3 is 1. The average molecular weight is 231 g/mol. The molecule has 0 fully saturated rings. The first-order valence-electron chi connectivity index (χ1n) is 5.06. The molecule has 1 amide bonds. The first kappa shape index (κ1) is 12.8. The molecular weight excluding hydrogens is 218 g/mol. The summed E-state index contributed by atoms with van der Waals surface area (Å²) < 4.78 is 4.61. The van der Waals surface area contributed by atoms with Gasteiger partial charge in [-0.2, -0.15) is 0 Å². The van der Waals surface area contributed by atoms with E-state index in [0.29, 0.717) is 6.42 Å². The monoisotopic (exact) mass is 231 g/mol. The van der Waals surface area contributed by atoms with Crippen molar-refractivity contribution >= 4 is 11.9 Å². The Hall–Kier alpha value is -2.28. The minimum Gasteiger partial charge on any atom is -0.467 e. The molecule has 0 unspecified atom stereocenters. The van der Waals surface area contributed by atoms with Gasteiger partial charge in [-0.25, -0.2) is 4.79 Å². The summed E-state index contributed by atoms with van der Waals surface area (Å²) in [7, 11) is 1.27. The molecule has 1 rings (SSSR count). The van der Waals surface area contributed by atoms with Gasteiger partial charge in [0.1, 0.15) is 6.04 Å². The molecule has 0 radical (unpaired) electrons. The molecule has 4 nitrogen and oxygen atoms in total. The molecule has 0 saturated carbocycles. The molecule has 88 valence electrons. The topological polar surface area (TPSA) is 55.4 Å². The summed E-state index contributed by atoms with van der Waals surface area (Å²) in [4.78, 5) is 22.5. The highest BCUT2D eigenvalue weighted by atomic mass is 16.5. The predicted molar refractivity (Wildman–Crippen MR) is 62.9 cm³/mol. The zero-order chi connectivity index (χ0) is 12.7. The Balaban J connectivity index is 2.74. The lowest BCUT2D eigenvalue weighted by atomic mass is 10.1. The van der Waals surface area contributed by atoms with Gasteiger partial charge in [-0.3, -0.25) is 4.79 Å². The molecule has 0 saturated heterocycles. The summed E-state index contributed by atoms with van der Waals surface area (Å²) in [5, 5.41) is 2.42. The zero-order valence-corrected chi connectivity index (χ0v) is 9.47. The van der Waals surface area contributed by atoms with Crippen LogP contribution in [0.3, 0.4) is 0 Å². The first-order chi connectivity index (χ1) is 8.17. The molecule has 17 heavy (non-hydrogen) atoms. The normalized spacial score (nSPS) is 11.1. The number of carbonyl (C=O) groups is 2. The molecule has 0 aliphatic carbocycles. The third-order valence-corrected chi connectivity index (χ3v) is 2.20. The van der Waals surface area contributed by atoms with Gasteiger partial charge in [0.05, 0.1) is 7.11 Å². The number of esters is 1. The fourth-order valence-electron chi connectivity index (χ4n) is 1.39. The number of hydrogen-bond donors (Lipinski definition) is 1. The molecule has 1 atom stereocenters. The smallest absolute Gasteiger partial charge is 0.328 e. The number of carbonyl (C=O) groups excluding carboxylic acids is 2. The van der Waals surface area contributed by atoms with Crippen molar-refractivity contribution in [3.05, 3.63) is 35.9 Å². The second-order valence-electron chi connectivity index (χ2n) is 3.38. The van der Waals surface area contributed by atoms with Crippen molar-refractivity contribution in [2.45, 2.75) is 12.5 Å². The maximum absolute atomic E-state index is 11.5. The van der Waals surface area contributed by atoms with Crippen LogP contribution in [-0.4, -0.2) is 25.0 Å². The van der Waals surface area contributed by atoms with Gasteiger partial charge in [0.25, 0.3) is 5.91 Å². The molecule has 1 aromatic carbocycles. The van der Waals surface area contributed by atoms with E-state index in [1.165, 1.54) is 7.11 Å². The van der Waals surface area contributed by atoms with E-state index in [0.717, 1.165) is 5.56 Å². The Morgan fingerprint density at radius 1 is 1.41 bits per heavy atom. The summed E-state index contributed by atoms with van der Waals surface area (Å²) in [6, 6.07) is 8.54. The van der Waals surface area contributed by atoms with Gasteiger partial charge in [-0.1, -0.05) is 30.3 Å². The standard InChI is InChI=1S/C13H13NO3/c1-3-12(15)14-11(13(16)17-2)9-10-7-5-4-6-8-10/h1,4-8,11H,9H2,2H3,(H,14,15)/t11-/m0/s1. The van der Waals surface area contributed by atoms with E-state index in [9.17, 15) is 9.59 Å². The Morgan fingerprint density at radius 3 is 2.59 bits per heavy atom. The molecule has 1 N–H and O–H groups in total. The van der Waals surface area contributed by atoms with Gasteiger partial charge in [-0.15, -0.1) is 6.42 Å². The number of ether oxygens (including phenoxy) is 1. The van der Waals surface area contributed by atoms with Crippen LogP contribution in [0.15, 0.2) is 30.3 Å². The number of amides is 1. The summed E-state index contributed by atoms with van der Waals surface area (Å²) in [6.07, 6.45) is 5.29. The van der Waals surface area contributed by atoms with Crippen molar-refractivity contribution in [3.8, 4) is 12.3 Å². The highest BCUT2D eigenvalue weighted by Crippen LogP contribution is 2.04. The van der Waals surface area contributed by atoms with Gasteiger partial charge < -0.3 is 10.1 Å². The number of hydrogen-bond acceptors (Lipinski definition) is 3. The van der Waals surface area contributed by atoms with Crippen LogP contribution in [0.5, 0.6) is 0 Å². The van der Waals surface area contributed by atoms with Crippen LogP contribution in [0.25, 0.3) is 0 Å². The predicted octanol–water partition coefficient (Wildman–Crippen LogP) is 0.520. The van der Waals surface area contributed by atoms with Crippen LogP contribution in [-0.2, 0) is 20.7 Å². The van der Waals surface area contributed by atoms with Crippen molar-refractivity contribution in [2.24, 2.45) is 0 Å². The van der Waals surface area contributed by atoms with Gasteiger partial charge in [0.15, 0.2) is 0 Å². The molecule has 0 heterocycles. The number of terminal acetylenes is 1. The second-order valence-corrected chi connectivity index (χ2v) is 3.38. The fourth-order valence-corrected chi connectivity index (χ4v) is 1.39. The fraction of sp³-hybridized carbons (Fsp3) is 0.231. The summed E-state index contributed by atoms with van der Waals surface area (Å²) in [5.74, 6) is 0.758. The summed E-state index contributed by atoms with van der Waals surface area (Å²) in [6.45, 7) is 0. The van der Waals surface area contributed by atoms with E-state index in [1.807, 2.05) is 36.3 Å². The van der Waals surface area contributed by atoms with Crippen molar-refractivity contribution < 1.29 is 14.3 Å². The maximum atomic E-state index is 11.5. The lowest BCUT2D eigenvalue weighted by Gasteiger charge is -2.14. The third-order valence-electron chi connectivity index (χ3n) is 2.20. The van der Waals surface area contributed by atoms with Crippen LogP contribution >= 0.6 is 0 Å². The molecule has 0 aromatic heterocycles. The summed E-state index contributed by atoms with van der Waals surface area (Å²) in [5.41, 5.74) is 0.917. The lowest BCUT2D eigenvalue weighted by molar-refractivity contribution is -0.144. The Kier molecular flexibility index (Phi) is 4.77. The van der Waals surface area contributed by atoms with Crippen LogP contribution in [0, 0.1) is 12.3 Å². The Bertz CT molecular complexity index is 434. The van der Waals surface area contributed by atoms with E-state index < -0.39 is 17.9 Å². The molecule has 0 bridgehead atoms. The average Bonchev–Trinajstić information content (AvgIpc) is 2.38. The van der Waals surface area contributed by atoms with E-state index in [-0.39, 0.29) is 0 Å². The van der Waals surface area contributed by atoms with E-state index >= 15 is 0 Å². The van der Waals surface area contributed by atoms with Gasteiger partial charge in [0.2, 0.25) is 0 Å². The van der Waals surface area contributed by atoms with Crippen molar-refractivity contribution in [3.63, 3.8) is 0 Å². The van der Waals surface area contributed by atoms with Crippen molar-refractivity contribution in [1.82, 2.24) is 5.32 Å². The molecule has 0 aliphatic heterocycles. The second kappa shape index (κ2) is 6.33. The SMILES string of the molecule is C#CC(=O)N[C@@H](Cc1ccccc1)C(=O)OC. The number of nitrogens with one attached hydrogen (secondary N) is 1. The molecule has 4 heteroatoms. The lowest BCUT2D eigenvalue weighted by Crippen LogP contribution is -2.42. The van der Waals surface area contributed by atoms with Gasteiger partial charge >= 0.3 is 5.97 Å². The minimum absolute atomic E-state index is 0.348. The van der Waals surface area contributed by atoms with Crippen LogP contribution < -0.4 is 5.32 Å². The first-order valence-corrected chi connectivity index (χ1v) is 5.06. The largest absolute Gasteiger partial charge is 0.467 e. The van der Waals surface area contributed by atoms with Crippen molar-refractivity contribution in [1.29, 1.82) is 0 Å². The van der Waals surface area contributed by atoms with E-state index in [4.69, 9.17) is 6.42 Å². The van der Waals surface area contributed by atoms with Crippen molar-refractivity contribution in [2.75, 3.05) is 7.11 Å². The van der Waals surface area contributed by atoms with E-state index in [1.54, 1.807) is 0 Å². The van der Waals surface area contributed by atoms with Gasteiger partial charge in [0, 0.05) is 6.42 Å². The highest BCUT2D eigenvalue weighted by molar-refractivity contribution is 5.95. The maximum Gasteiger partial charge on any atom is 0.328 e. The quantitative estimate of drug-likeness (QED) is 0.607.